The molecule has 0 aliphatic heterocycles. The van der Waals surface area contributed by atoms with Crippen molar-refractivity contribution in [1.29, 1.82) is 0 Å². The van der Waals surface area contributed by atoms with E-state index in [9.17, 15) is 38.4 Å². The van der Waals surface area contributed by atoms with Crippen LogP contribution in [0.2, 0.25) is 0 Å². The highest BCUT2D eigenvalue weighted by atomic mass is 32.2. The maximum absolute atomic E-state index is 13.2. The number of aromatic nitrogens is 3. The Morgan fingerprint density at radius 1 is 0.473 bits per heavy atom. The van der Waals surface area contributed by atoms with Gasteiger partial charge in [-0.3, -0.25) is 24.0 Å². The van der Waals surface area contributed by atoms with Gasteiger partial charge in [0.2, 0.25) is 0 Å². The van der Waals surface area contributed by atoms with Crippen molar-refractivity contribution in [3.63, 3.8) is 0 Å². The highest BCUT2D eigenvalue weighted by Gasteiger charge is 2.17. The SMILES string of the molecule is CC.CC.CCCCOC(=O)CCSCCC(=O)OCCn1c(=O)n(CCOC(=O)CCN)c(=O)n(CCOC(=O)CCSCCC(=O)OCCCC)c1=O. The Labute approximate surface area is 332 Å². The third-order valence-electron chi connectivity index (χ3n) is 6.79. The molecule has 19 heteroatoms. The van der Waals surface area contributed by atoms with E-state index in [1.54, 1.807) is 0 Å². The first kappa shape index (κ1) is 53.5. The highest BCUT2D eigenvalue weighted by Crippen LogP contribution is 2.08. The van der Waals surface area contributed by atoms with Gasteiger partial charge in [-0.15, -0.1) is 0 Å². The number of carbonyl (C=O) groups is 5. The van der Waals surface area contributed by atoms with Crippen LogP contribution in [-0.2, 0) is 67.3 Å². The third-order valence-corrected chi connectivity index (χ3v) is 8.76. The number of rotatable bonds is 29. The Morgan fingerprint density at radius 3 is 0.982 bits per heavy atom. The Hall–Kier alpha value is -3.58. The third kappa shape index (κ3) is 26.0. The van der Waals surface area contributed by atoms with Crippen LogP contribution in [0.25, 0.3) is 0 Å². The molecule has 1 aromatic rings. The molecule has 318 valence electrons. The summed E-state index contributed by atoms with van der Waals surface area (Å²) < 4.78 is 27.7. The topological polar surface area (TPSA) is 224 Å². The second kappa shape index (κ2) is 36.1. The fraction of sp³-hybridized carbons (Fsp3) is 0.778. The summed E-state index contributed by atoms with van der Waals surface area (Å²) in [5.41, 5.74) is 2.33. The van der Waals surface area contributed by atoms with Gasteiger partial charge in [0.1, 0.15) is 19.8 Å². The van der Waals surface area contributed by atoms with Crippen LogP contribution in [0.4, 0.5) is 0 Å². The zero-order valence-corrected chi connectivity index (χ0v) is 35.2. The summed E-state index contributed by atoms with van der Waals surface area (Å²) in [5.74, 6) is -0.688. The van der Waals surface area contributed by atoms with Crippen LogP contribution in [0.1, 0.15) is 99.3 Å². The molecule has 0 unspecified atom stereocenters. The number of hydrogen-bond acceptors (Lipinski definition) is 16. The maximum atomic E-state index is 13.2. The molecule has 0 amide bonds. The van der Waals surface area contributed by atoms with Gasteiger partial charge in [-0.1, -0.05) is 54.4 Å². The summed E-state index contributed by atoms with van der Waals surface area (Å²) in [6, 6.07) is 0. The van der Waals surface area contributed by atoms with Gasteiger partial charge in [-0.2, -0.15) is 23.5 Å². The van der Waals surface area contributed by atoms with Crippen LogP contribution in [0.3, 0.4) is 0 Å². The summed E-state index contributed by atoms with van der Waals surface area (Å²) in [4.78, 5) is 99.0. The first-order valence-corrected chi connectivity index (χ1v) is 21.4. The number of ether oxygens (including phenoxy) is 5. The van der Waals surface area contributed by atoms with E-state index in [1.165, 1.54) is 23.5 Å². The van der Waals surface area contributed by atoms with Crippen LogP contribution in [0.5, 0.6) is 0 Å². The fourth-order valence-corrected chi connectivity index (χ4v) is 5.63. The number of nitrogens with zero attached hydrogens (tertiary/aromatic N) is 3. The quantitative estimate of drug-likeness (QED) is 0.0697. The Bertz CT molecular complexity index is 1330. The molecule has 0 radical (unpaired) electrons. The lowest BCUT2D eigenvalue weighted by molar-refractivity contribution is -0.144. The number of unbranched alkanes of at least 4 members (excludes halogenated alkanes) is 2. The van der Waals surface area contributed by atoms with Crippen molar-refractivity contribution in [2.75, 3.05) is 62.6 Å². The fourth-order valence-electron chi connectivity index (χ4n) is 3.97. The molecule has 0 aliphatic rings. The minimum Gasteiger partial charge on any atom is -0.466 e. The molecule has 0 saturated heterocycles. The van der Waals surface area contributed by atoms with Crippen molar-refractivity contribution < 1.29 is 47.7 Å². The lowest BCUT2D eigenvalue weighted by Gasteiger charge is -2.14. The van der Waals surface area contributed by atoms with E-state index >= 15 is 0 Å². The predicted molar refractivity (Wildman–Crippen MR) is 213 cm³/mol. The molecule has 0 aromatic carbocycles. The van der Waals surface area contributed by atoms with E-state index in [0.29, 0.717) is 49.9 Å². The first-order chi connectivity index (χ1) is 26.5. The molecular formula is C36H64N4O13S2. The van der Waals surface area contributed by atoms with Crippen LogP contribution < -0.4 is 22.8 Å². The monoisotopic (exact) mass is 824 g/mol. The molecule has 0 bridgehead atoms. The van der Waals surface area contributed by atoms with Crippen molar-refractivity contribution >= 4 is 53.4 Å². The van der Waals surface area contributed by atoms with Gasteiger partial charge in [-0.25, -0.2) is 28.1 Å². The van der Waals surface area contributed by atoms with E-state index in [2.05, 4.69) is 0 Å². The zero-order chi connectivity index (χ0) is 41.9. The van der Waals surface area contributed by atoms with E-state index < -0.39 is 35.0 Å². The summed E-state index contributed by atoms with van der Waals surface area (Å²) in [6.07, 6.45) is 3.87. The average molecular weight is 825 g/mol. The van der Waals surface area contributed by atoms with E-state index in [1.807, 2.05) is 41.5 Å². The second-order valence-corrected chi connectivity index (χ2v) is 13.3. The Kier molecular flexibility index (Phi) is 35.1. The van der Waals surface area contributed by atoms with Crippen LogP contribution in [0.15, 0.2) is 14.4 Å². The zero-order valence-electron chi connectivity index (χ0n) is 33.6. The lowest BCUT2D eigenvalue weighted by atomic mass is 10.4. The number of esters is 5. The average Bonchev–Trinajstić information content (AvgIpc) is 3.17. The molecule has 0 saturated carbocycles. The molecular weight excluding hydrogens is 761 g/mol. The molecule has 0 atom stereocenters. The highest BCUT2D eigenvalue weighted by molar-refractivity contribution is 7.99. The number of hydrogen-bond donors (Lipinski definition) is 1. The molecule has 1 rings (SSSR count). The Balaban J connectivity index is 0. The summed E-state index contributed by atoms with van der Waals surface area (Å²) >= 11 is 2.75. The van der Waals surface area contributed by atoms with Crippen LogP contribution >= 0.6 is 23.5 Å². The maximum Gasteiger partial charge on any atom is 0.336 e. The summed E-state index contributed by atoms with van der Waals surface area (Å²) in [7, 11) is 0. The molecule has 55 heavy (non-hydrogen) atoms. The smallest absolute Gasteiger partial charge is 0.336 e. The van der Waals surface area contributed by atoms with Gasteiger partial charge >= 0.3 is 46.9 Å². The number of thioether (sulfide) groups is 2. The first-order valence-electron chi connectivity index (χ1n) is 19.1. The number of carbonyl (C=O) groups excluding carboxylic acids is 5. The van der Waals surface area contributed by atoms with Crippen molar-refractivity contribution in [2.45, 2.75) is 119 Å². The minimum absolute atomic E-state index is 0.0256. The van der Waals surface area contributed by atoms with E-state index in [-0.39, 0.29) is 90.0 Å². The minimum atomic E-state index is -1.00. The summed E-state index contributed by atoms with van der Waals surface area (Å²) in [6.45, 7) is 10.6. The second-order valence-electron chi connectivity index (χ2n) is 10.9. The Morgan fingerprint density at radius 2 is 0.727 bits per heavy atom. The largest absolute Gasteiger partial charge is 0.466 e. The van der Waals surface area contributed by atoms with E-state index in [0.717, 1.165) is 25.7 Å². The molecule has 1 heterocycles. The molecule has 0 fully saturated rings. The van der Waals surface area contributed by atoms with Crippen molar-refractivity contribution in [3.05, 3.63) is 31.5 Å². The van der Waals surface area contributed by atoms with Gasteiger partial charge in [0.25, 0.3) is 0 Å². The normalized spacial score (nSPS) is 10.2. The standard InChI is InChI=1S/C32H52N4O13S2.2C2H6/c1-3-5-16-45-26(38)8-21-50-23-10-28(40)48-19-14-35-30(42)34(13-18-47-25(37)7-12-33)31(43)36(32(35)44)15-20-49-29(41)11-24-51-22-9-27(39)46-17-6-4-2;2*1-2/h3-24,33H2,1-2H3;2*1-2H3. The van der Waals surface area contributed by atoms with E-state index in [4.69, 9.17) is 29.4 Å². The lowest BCUT2D eigenvalue weighted by Crippen LogP contribution is -2.55. The molecule has 0 aliphatic carbocycles. The van der Waals surface area contributed by atoms with Crippen molar-refractivity contribution in [3.8, 4) is 0 Å². The van der Waals surface area contributed by atoms with Gasteiger partial charge in [0.05, 0.1) is 65.0 Å². The van der Waals surface area contributed by atoms with Gasteiger partial charge in [-0.05, 0) is 12.8 Å². The van der Waals surface area contributed by atoms with Gasteiger partial charge in [0, 0.05) is 29.6 Å². The van der Waals surface area contributed by atoms with Crippen LogP contribution in [-0.4, -0.2) is 106 Å². The van der Waals surface area contributed by atoms with Crippen molar-refractivity contribution in [2.24, 2.45) is 5.73 Å². The van der Waals surface area contributed by atoms with Crippen molar-refractivity contribution in [1.82, 2.24) is 13.7 Å². The number of nitrogens with two attached hydrogens (primary N) is 1. The predicted octanol–water partition coefficient (Wildman–Crippen LogP) is 2.92. The molecule has 0 spiro atoms. The molecule has 17 nitrogen and oxygen atoms in total. The summed E-state index contributed by atoms with van der Waals surface area (Å²) in [5, 5.41) is 0. The van der Waals surface area contributed by atoms with Gasteiger partial charge in [0.15, 0.2) is 0 Å². The van der Waals surface area contributed by atoms with Crippen LogP contribution in [0, 0.1) is 0 Å². The molecule has 2 N–H and O–H groups in total. The molecule has 1 aromatic heterocycles. The van der Waals surface area contributed by atoms with Gasteiger partial charge < -0.3 is 29.4 Å².